The number of piperazine rings is 1. The van der Waals surface area contributed by atoms with E-state index < -0.39 is 33.6 Å². The summed E-state index contributed by atoms with van der Waals surface area (Å²) >= 11 is 0. The average Bonchev–Trinajstić information content (AvgIpc) is 2.67. The Hall–Kier alpha value is -1.31. The molecule has 24 heavy (non-hydrogen) atoms. The first-order chi connectivity index (χ1) is 11.1. The van der Waals surface area contributed by atoms with E-state index in [-0.39, 0.29) is 23.3 Å². The van der Waals surface area contributed by atoms with Crippen LogP contribution in [0.15, 0.2) is 0 Å². The molecule has 2 aliphatic heterocycles. The van der Waals surface area contributed by atoms with E-state index >= 15 is 0 Å². The van der Waals surface area contributed by atoms with Crippen molar-refractivity contribution in [1.82, 2.24) is 9.80 Å². The molecule has 136 valence electrons. The molecule has 1 aliphatic carbocycles. The zero-order valence-electron chi connectivity index (χ0n) is 14.5. The van der Waals surface area contributed by atoms with Crippen LogP contribution in [0, 0.1) is 5.92 Å². The second kappa shape index (κ2) is 5.89. The third-order valence-corrected chi connectivity index (χ3v) is 6.74. The largest absolute Gasteiger partial charge is 0.444 e. The molecule has 8 heteroatoms. The molecule has 0 N–H and O–H groups in total. The Morgan fingerprint density at radius 2 is 1.54 bits per heavy atom. The Morgan fingerprint density at radius 1 is 1.00 bits per heavy atom. The van der Waals surface area contributed by atoms with Crippen LogP contribution in [0.3, 0.4) is 0 Å². The number of hydrogen-bond donors (Lipinski definition) is 0. The third-order valence-electron chi connectivity index (χ3n) is 5.04. The number of rotatable bonds is 1. The summed E-state index contributed by atoms with van der Waals surface area (Å²) in [7, 11) is -3.26. The number of fused-ring (bicyclic) bond motifs is 1. The van der Waals surface area contributed by atoms with Crippen molar-refractivity contribution in [2.45, 2.75) is 57.7 Å². The van der Waals surface area contributed by atoms with Crippen molar-refractivity contribution in [3.05, 3.63) is 0 Å². The van der Waals surface area contributed by atoms with Gasteiger partial charge in [-0.1, -0.05) is 6.42 Å². The molecule has 0 unspecified atom stereocenters. The van der Waals surface area contributed by atoms with Gasteiger partial charge < -0.3 is 14.5 Å². The number of nitrogens with zero attached hydrogens (tertiary/aromatic N) is 2. The molecular formula is C16H26N2O5S. The standard InChI is InChI=1S/C16H26N2O5S/c1-16(2,3)23-15(20)18-8-7-17(14(19)11-5-4-6-11)12-9-24(21,22)10-13(12)18/h11-13H,4-10H2,1-3H3/t12-,13+/m1/s1. The second-order valence-electron chi connectivity index (χ2n) is 8.04. The van der Waals surface area contributed by atoms with Gasteiger partial charge in [-0.15, -0.1) is 0 Å². The van der Waals surface area contributed by atoms with Crippen LogP contribution in [0.25, 0.3) is 0 Å². The SMILES string of the molecule is CC(C)(C)OC(=O)N1CCN(C(=O)C2CCC2)[C@@H]2CS(=O)(=O)C[C@@H]21. The Kier molecular flexibility index (Phi) is 4.30. The molecule has 1 saturated carbocycles. The van der Waals surface area contributed by atoms with Gasteiger partial charge in [-0.2, -0.15) is 0 Å². The van der Waals surface area contributed by atoms with Crippen LogP contribution in [0.1, 0.15) is 40.0 Å². The lowest BCUT2D eigenvalue weighted by atomic mass is 9.83. The molecule has 0 aromatic heterocycles. The summed E-state index contributed by atoms with van der Waals surface area (Å²) in [5.74, 6) is -0.0694. The molecule has 0 bridgehead atoms. The molecule has 2 atom stereocenters. The smallest absolute Gasteiger partial charge is 0.410 e. The molecule has 0 spiro atoms. The summed E-state index contributed by atoms with van der Waals surface area (Å²) in [4.78, 5) is 28.3. The first kappa shape index (κ1) is 17.5. The molecule has 2 amide bonds. The number of hydrogen-bond acceptors (Lipinski definition) is 5. The first-order valence-corrected chi connectivity index (χ1v) is 10.4. The molecule has 0 radical (unpaired) electrons. The van der Waals surface area contributed by atoms with Gasteiger partial charge >= 0.3 is 6.09 Å². The lowest BCUT2D eigenvalue weighted by Gasteiger charge is -2.45. The summed E-state index contributed by atoms with van der Waals surface area (Å²) in [6.07, 6.45) is 2.33. The highest BCUT2D eigenvalue weighted by atomic mass is 32.2. The van der Waals surface area contributed by atoms with Crippen LogP contribution in [-0.4, -0.2) is 72.5 Å². The predicted octanol–water partition coefficient (Wildman–Crippen LogP) is 1.03. The molecule has 3 rings (SSSR count). The van der Waals surface area contributed by atoms with Crippen molar-refractivity contribution >= 4 is 21.8 Å². The summed E-state index contributed by atoms with van der Waals surface area (Å²) in [6.45, 7) is 6.05. The fraction of sp³-hybridized carbons (Fsp3) is 0.875. The van der Waals surface area contributed by atoms with Crippen molar-refractivity contribution < 1.29 is 22.7 Å². The molecule has 7 nitrogen and oxygen atoms in total. The van der Waals surface area contributed by atoms with Crippen molar-refractivity contribution in [2.24, 2.45) is 5.92 Å². The lowest BCUT2D eigenvalue weighted by Crippen LogP contribution is -2.63. The number of sulfone groups is 1. The molecule has 0 aromatic rings. The normalized spacial score (nSPS) is 29.8. The van der Waals surface area contributed by atoms with Crippen LogP contribution < -0.4 is 0 Å². The molecule has 0 aromatic carbocycles. The Balaban J connectivity index is 1.79. The third kappa shape index (κ3) is 3.38. The zero-order chi connectivity index (χ0) is 17.7. The molecular weight excluding hydrogens is 332 g/mol. The monoisotopic (exact) mass is 358 g/mol. The van der Waals surface area contributed by atoms with Crippen LogP contribution in [0.4, 0.5) is 4.79 Å². The lowest BCUT2D eigenvalue weighted by molar-refractivity contribution is -0.144. The Morgan fingerprint density at radius 3 is 2.04 bits per heavy atom. The summed E-state index contributed by atoms with van der Waals surface area (Å²) in [6, 6.07) is -0.938. The van der Waals surface area contributed by atoms with Crippen molar-refractivity contribution in [3.63, 3.8) is 0 Å². The van der Waals surface area contributed by atoms with E-state index in [1.165, 1.54) is 4.90 Å². The summed E-state index contributed by atoms with van der Waals surface area (Å²) < 4.78 is 29.7. The van der Waals surface area contributed by atoms with Crippen molar-refractivity contribution in [2.75, 3.05) is 24.6 Å². The maximum Gasteiger partial charge on any atom is 0.410 e. The van der Waals surface area contributed by atoms with E-state index in [4.69, 9.17) is 4.74 Å². The highest BCUT2D eigenvalue weighted by Crippen LogP contribution is 2.33. The topological polar surface area (TPSA) is 84.0 Å². The minimum absolute atomic E-state index is 0.0297. The van der Waals surface area contributed by atoms with Gasteiger partial charge in [0.25, 0.3) is 0 Å². The van der Waals surface area contributed by atoms with Crippen molar-refractivity contribution in [3.8, 4) is 0 Å². The van der Waals surface area contributed by atoms with Crippen LogP contribution in [0.5, 0.6) is 0 Å². The molecule has 3 fully saturated rings. The zero-order valence-corrected chi connectivity index (χ0v) is 15.3. The molecule has 2 saturated heterocycles. The molecule has 3 aliphatic rings. The highest BCUT2D eigenvalue weighted by molar-refractivity contribution is 7.91. The minimum Gasteiger partial charge on any atom is -0.444 e. The molecule has 2 heterocycles. The number of carbonyl (C=O) groups excluding carboxylic acids is 2. The van der Waals surface area contributed by atoms with Gasteiger partial charge in [0.2, 0.25) is 5.91 Å². The fourth-order valence-electron chi connectivity index (χ4n) is 3.66. The maximum atomic E-state index is 12.6. The Labute approximate surface area is 143 Å². The second-order valence-corrected chi connectivity index (χ2v) is 10.2. The van der Waals surface area contributed by atoms with E-state index in [1.54, 1.807) is 25.7 Å². The summed E-state index contributed by atoms with van der Waals surface area (Å²) in [5, 5.41) is 0. The minimum atomic E-state index is -3.26. The van der Waals surface area contributed by atoms with E-state index in [1.807, 2.05) is 0 Å². The predicted molar refractivity (Wildman–Crippen MR) is 88.2 cm³/mol. The van der Waals surface area contributed by atoms with Gasteiger partial charge in [-0.05, 0) is 33.6 Å². The van der Waals surface area contributed by atoms with Gasteiger partial charge in [0.05, 0.1) is 23.6 Å². The van der Waals surface area contributed by atoms with E-state index in [9.17, 15) is 18.0 Å². The number of carbonyl (C=O) groups is 2. The quantitative estimate of drug-likeness (QED) is 0.699. The maximum absolute atomic E-state index is 12.6. The van der Waals surface area contributed by atoms with E-state index in [2.05, 4.69) is 0 Å². The van der Waals surface area contributed by atoms with Crippen LogP contribution >= 0.6 is 0 Å². The van der Waals surface area contributed by atoms with E-state index in [0.717, 1.165) is 19.3 Å². The first-order valence-electron chi connectivity index (χ1n) is 8.58. The Bertz CT molecular complexity index is 635. The average molecular weight is 358 g/mol. The van der Waals surface area contributed by atoms with Gasteiger partial charge in [0.15, 0.2) is 9.84 Å². The van der Waals surface area contributed by atoms with Gasteiger partial charge in [-0.3, -0.25) is 4.79 Å². The van der Waals surface area contributed by atoms with Gasteiger partial charge in [0, 0.05) is 19.0 Å². The highest BCUT2D eigenvalue weighted by Gasteiger charge is 2.51. The van der Waals surface area contributed by atoms with Gasteiger partial charge in [-0.25, -0.2) is 13.2 Å². The number of amides is 2. The van der Waals surface area contributed by atoms with Crippen LogP contribution in [-0.2, 0) is 19.4 Å². The fourth-order valence-corrected chi connectivity index (χ4v) is 5.64. The van der Waals surface area contributed by atoms with Crippen molar-refractivity contribution in [1.29, 1.82) is 0 Å². The number of ether oxygens (including phenoxy) is 1. The summed E-state index contributed by atoms with van der Waals surface area (Å²) in [5.41, 5.74) is -0.636. The van der Waals surface area contributed by atoms with Crippen LogP contribution in [0.2, 0.25) is 0 Å². The van der Waals surface area contributed by atoms with E-state index in [0.29, 0.717) is 13.1 Å². The van der Waals surface area contributed by atoms with Gasteiger partial charge in [0.1, 0.15) is 5.60 Å².